The number of rotatable bonds is 8. The summed E-state index contributed by atoms with van der Waals surface area (Å²) in [5.41, 5.74) is 1.41. The smallest absolute Gasteiger partial charge is 0.251 e. The quantitative estimate of drug-likeness (QED) is 0.696. The van der Waals surface area contributed by atoms with Gasteiger partial charge >= 0.3 is 0 Å². The van der Waals surface area contributed by atoms with Gasteiger partial charge in [-0.1, -0.05) is 6.42 Å². The zero-order chi connectivity index (χ0) is 21.5. The van der Waals surface area contributed by atoms with Crippen molar-refractivity contribution in [2.75, 3.05) is 21.3 Å². The molecular formula is C23H28N2O5. The molecule has 1 fully saturated rings. The van der Waals surface area contributed by atoms with Gasteiger partial charge in [0, 0.05) is 29.8 Å². The molecule has 0 bridgehead atoms. The second-order valence-electron chi connectivity index (χ2n) is 7.24. The first-order chi connectivity index (χ1) is 14.5. The number of benzene rings is 2. The summed E-state index contributed by atoms with van der Waals surface area (Å²) in [7, 11) is 4.76. The lowest BCUT2D eigenvalue weighted by atomic mass is 10.0. The van der Waals surface area contributed by atoms with Gasteiger partial charge in [0.2, 0.25) is 5.91 Å². The van der Waals surface area contributed by atoms with Crippen LogP contribution in [-0.4, -0.2) is 39.2 Å². The van der Waals surface area contributed by atoms with Crippen molar-refractivity contribution in [3.8, 4) is 17.2 Å². The van der Waals surface area contributed by atoms with E-state index in [-0.39, 0.29) is 23.8 Å². The van der Waals surface area contributed by atoms with Crippen molar-refractivity contribution in [2.24, 2.45) is 5.92 Å². The van der Waals surface area contributed by atoms with Crippen LogP contribution < -0.4 is 24.8 Å². The van der Waals surface area contributed by atoms with Crippen LogP contribution in [0.1, 0.15) is 35.2 Å². The number of carbonyl (C=O) groups excluding carboxylic acids is 2. The van der Waals surface area contributed by atoms with Crippen LogP contribution in [0.4, 0.5) is 0 Å². The molecule has 0 heterocycles. The first kappa shape index (κ1) is 21.5. The molecule has 7 nitrogen and oxygen atoms in total. The first-order valence-corrected chi connectivity index (χ1v) is 9.99. The number of methoxy groups -OCH3 is 3. The van der Waals surface area contributed by atoms with Crippen LogP contribution >= 0.6 is 0 Å². The molecule has 2 atom stereocenters. The number of hydrogen-bond donors (Lipinski definition) is 2. The molecule has 2 aromatic rings. The highest BCUT2D eigenvalue weighted by molar-refractivity contribution is 5.95. The topological polar surface area (TPSA) is 85.9 Å². The van der Waals surface area contributed by atoms with Gasteiger partial charge in [-0.05, 0) is 49.2 Å². The molecule has 2 amide bonds. The number of hydrogen-bond acceptors (Lipinski definition) is 5. The molecule has 0 aliphatic heterocycles. The summed E-state index contributed by atoms with van der Waals surface area (Å²) in [4.78, 5) is 25.4. The Morgan fingerprint density at radius 1 is 0.933 bits per heavy atom. The van der Waals surface area contributed by atoms with Crippen LogP contribution in [0.5, 0.6) is 17.2 Å². The molecule has 7 heteroatoms. The SMILES string of the molecule is COc1ccc(C(=O)NC2CCCC2C(=O)NCc2ccc(OC)cc2OC)cc1. The van der Waals surface area contributed by atoms with E-state index in [0.29, 0.717) is 29.4 Å². The minimum absolute atomic E-state index is 0.0644. The number of carbonyl (C=O) groups is 2. The average Bonchev–Trinajstić information content (AvgIpc) is 3.25. The monoisotopic (exact) mass is 412 g/mol. The van der Waals surface area contributed by atoms with Gasteiger partial charge in [0.15, 0.2) is 0 Å². The minimum Gasteiger partial charge on any atom is -0.497 e. The normalized spacial score (nSPS) is 17.8. The van der Waals surface area contributed by atoms with Crippen molar-refractivity contribution >= 4 is 11.8 Å². The van der Waals surface area contributed by atoms with Gasteiger partial charge in [-0.15, -0.1) is 0 Å². The van der Waals surface area contributed by atoms with Gasteiger partial charge in [0.05, 0.1) is 27.2 Å². The summed E-state index contributed by atoms with van der Waals surface area (Å²) in [5, 5.41) is 6.00. The summed E-state index contributed by atoms with van der Waals surface area (Å²) in [5.74, 6) is 1.55. The first-order valence-electron chi connectivity index (χ1n) is 9.99. The van der Waals surface area contributed by atoms with Gasteiger partial charge in [0.25, 0.3) is 5.91 Å². The van der Waals surface area contributed by atoms with E-state index in [1.54, 1.807) is 51.7 Å². The highest BCUT2D eigenvalue weighted by Gasteiger charge is 2.34. The molecule has 160 valence electrons. The van der Waals surface area contributed by atoms with E-state index in [4.69, 9.17) is 14.2 Å². The van der Waals surface area contributed by atoms with Gasteiger partial charge in [-0.3, -0.25) is 9.59 Å². The van der Waals surface area contributed by atoms with E-state index in [1.165, 1.54) is 0 Å². The molecule has 1 saturated carbocycles. The lowest BCUT2D eigenvalue weighted by molar-refractivity contribution is -0.125. The number of nitrogens with one attached hydrogen (secondary N) is 2. The third-order valence-electron chi connectivity index (χ3n) is 5.47. The van der Waals surface area contributed by atoms with Crippen LogP contribution in [0.3, 0.4) is 0 Å². The lowest BCUT2D eigenvalue weighted by Crippen LogP contribution is -2.43. The van der Waals surface area contributed by atoms with Crippen LogP contribution in [0.15, 0.2) is 42.5 Å². The minimum atomic E-state index is -0.253. The zero-order valence-electron chi connectivity index (χ0n) is 17.6. The summed E-state index contributed by atoms with van der Waals surface area (Å²) < 4.78 is 15.7. The average molecular weight is 412 g/mol. The molecule has 0 aromatic heterocycles. The lowest BCUT2D eigenvalue weighted by Gasteiger charge is -2.21. The Bertz CT molecular complexity index is 882. The fourth-order valence-electron chi connectivity index (χ4n) is 3.75. The number of amides is 2. The summed E-state index contributed by atoms with van der Waals surface area (Å²) in [6, 6.07) is 12.2. The fraction of sp³-hybridized carbons (Fsp3) is 0.391. The highest BCUT2D eigenvalue weighted by atomic mass is 16.5. The van der Waals surface area contributed by atoms with Crippen LogP contribution in [-0.2, 0) is 11.3 Å². The van der Waals surface area contributed by atoms with Gasteiger partial charge in [-0.25, -0.2) is 0 Å². The molecule has 0 spiro atoms. The van der Waals surface area contributed by atoms with Crippen LogP contribution in [0.2, 0.25) is 0 Å². The van der Waals surface area contributed by atoms with Gasteiger partial charge < -0.3 is 24.8 Å². The van der Waals surface area contributed by atoms with E-state index in [9.17, 15) is 9.59 Å². The fourth-order valence-corrected chi connectivity index (χ4v) is 3.75. The predicted octanol–water partition coefficient (Wildman–Crippen LogP) is 2.93. The molecular weight excluding hydrogens is 384 g/mol. The number of ether oxygens (including phenoxy) is 3. The van der Waals surface area contributed by atoms with E-state index in [2.05, 4.69) is 10.6 Å². The molecule has 1 aliphatic rings. The van der Waals surface area contributed by atoms with Gasteiger partial charge in [0.1, 0.15) is 17.2 Å². The molecule has 2 N–H and O–H groups in total. The van der Waals surface area contributed by atoms with Crippen molar-refractivity contribution in [1.82, 2.24) is 10.6 Å². The molecule has 2 unspecified atom stereocenters. The maximum atomic E-state index is 12.8. The predicted molar refractivity (Wildman–Crippen MR) is 113 cm³/mol. The maximum Gasteiger partial charge on any atom is 0.251 e. The maximum absolute atomic E-state index is 12.8. The van der Waals surface area contributed by atoms with Crippen LogP contribution in [0.25, 0.3) is 0 Å². The molecule has 30 heavy (non-hydrogen) atoms. The molecule has 1 aliphatic carbocycles. The van der Waals surface area contributed by atoms with Crippen molar-refractivity contribution in [2.45, 2.75) is 31.8 Å². The second-order valence-corrected chi connectivity index (χ2v) is 7.24. The Kier molecular flexibility index (Phi) is 7.17. The third kappa shape index (κ3) is 5.03. The van der Waals surface area contributed by atoms with Crippen molar-refractivity contribution < 1.29 is 23.8 Å². The summed E-state index contributed by atoms with van der Waals surface area (Å²) in [6.45, 7) is 0.349. The standard InChI is InChI=1S/C23H28N2O5/c1-28-17-10-7-15(8-11-17)22(26)25-20-6-4-5-19(20)23(27)24-14-16-9-12-18(29-2)13-21(16)30-3/h7-13,19-20H,4-6,14H2,1-3H3,(H,24,27)(H,25,26). The largest absolute Gasteiger partial charge is 0.497 e. The zero-order valence-corrected chi connectivity index (χ0v) is 17.6. The Labute approximate surface area is 176 Å². The molecule has 3 rings (SSSR count). The van der Waals surface area contributed by atoms with Crippen molar-refractivity contribution in [1.29, 1.82) is 0 Å². The summed E-state index contributed by atoms with van der Waals surface area (Å²) in [6.07, 6.45) is 2.43. The molecule has 0 radical (unpaired) electrons. The Morgan fingerprint density at radius 2 is 1.63 bits per heavy atom. The van der Waals surface area contributed by atoms with Crippen molar-refractivity contribution in [3.63, 3.8) is 0 Å². The van der Waals surface area contributed by atoms with Crippen LogP contribution in [0, 0.1) is 5.92 Å². The van der Waals surface area contributed by atoms with Gasteiger partial charge in [-0.2, -0.15) is 0 Å². The highest BCUT2D eigenvalue weighted by Crippen LogP contribution is 2.28. The molecule has 2 aromatic carbocycles. The Morgan fingerprint density at radius 3 is 2.30 bits per heavy atom. The third-order valence-corrected chi connectivity index (χ3v) is 5.47. The van der Waals surface area contributed by atoms with E-state index >= 15 is 0 Å². The summed E-state index contributed by atoms with van der Waals surface area (Å²) >= 11 is 0. The molecule has 0 saturated heterocycles. The van der Waals surface area contributed by atoms with E-state index in [1.807, 2.05) is 12.1 Å². The van der Waals surface area contributed by atoms with E-state index in [0.717, 1.165) is 24.8 Å². The Hall–Kier alpha value is -3.22. The Balaban J connectivity index is 1.59. The van der Waals surface area contributed by atoms with Crippen molar-refractivity contribution in [3.05, 3.63) is 53.6 Å². The second kappa shape index (κ2) is 10.0. The van der Waals surface area contributed by atoms with E-state index < -0.39 is 0 Å².